The van der Waals surface area contributed by atoms with Gasteiger partial charge in [0, 0.05) is 10.3 Å². The second kappa shape index (κ2) is 8.01. The molecule has 0 aromatic heterocycles. The van der Waals surface area contributed by atoms with Crippen LogP contribution < -0.4 is 9.64 Å². The Kier molecular flexibility index (Phi) is 5.59. The molecule has 0 saturated carbocycles. The monoisotopic (exact) mass is 450 g/mol. The molecule has 9 heteroatoms. The van der Waals surface area contributed by atoms with Gasteiger partial charge in [-0.1, -0.05) is 53.7 Å². The first-order valence-corrected chi connectivity index (χ1v) is 12.1. The molecule has 0 bridgehead atoms. The van der Waals surface area contributed by atoms with Crippen molar-refractivity contribution in [2.75, 3.05) is 23.5 Å². The number of amidine groups is 1. The summed E-state index contributed by atoms with van der Waals surface area (Å²) >= 11 is 7.53. The van der Waals surface area contributed by atoms with Gasteiger partial charge in [-0.05, 0) is 23.8 Å². The van der Waals surface area contributed by atoms with Crippen LogP contribution >= 0.6 is 23.4 Å². The molecular formula is C20H19ClN2O4S2. The van der Waals surface area contributed by atoms with Crippen molar-refractivity contribution in [1.29, 1.82) is 0 Å². The zero-order valence-corrected chi connectivity index (χ0v) is 18.0. The van der Waals surface area contributed by atoms with Gasteiger partial charge in [-0.15, -0.1) is 0 Å². The van der Waals surface area contributed by atoms with Gasteiger partial charge in [0.15, 0.2) is 15.0 Å². The molecule has 2 aromatic carbocycles. The quantitative estimate of drug-likeness (QED) is 0.712. The molecule has 0 spiro atoms. The third-order valence-corrected chi connectivity index (χ3v) is 8.33. The van der Waals surface area contributed by atoms with Crippen LogP contribution in [0.5, 0.6) is 5.75 Å². The number of methoxy groups -OCH3 is 1. The van der Waals surface area contributed by atoms with E-state index in [1.807, 2.05) is 30.3 Å². The van der Waals surface area contributed by atoms with Gasteiger partial charge in [-0.3, -0.25) is 4.79 Å². The van der Waals surface area contributed by atoms with Crippen molar-refractivity contribution in [3.63, 3.8) is 0 Å². The third kappa shape index (κ3) is 4.29. The van der Waals surface area contributed by atoms with E-state index in [-0.39, 0.29) is 35.1 Å². The van der Waals surface area contributed by atoms with E-state index < -0.39 is 9.84 Å². The van der Waals surface area contributed by atoms with Crippen molar-refractivity contribution in [3.8, 4) is 5.75 Å². The van der Waals surface area contributed by atoms with Gasteiger partial charge < -0.3 is 9.64 Å². The largest absolute Gasteiger partial charge is 0.495 e. The Morgan fingerprint density at radius 2 is 2.00 bits per heavy atom. The molecule has 2 atom stereocenters. The number of hydrogen-bond donors (Lipinski definition) is 0. The Balaban J connectivity index is 1.71. The van der Waals surface area contributed by atoms with Crippen LogP contribution in [0.25, 0.3) is 0 Å². The Hall–Kier alpha value is -2.03. The predicted octanol–water partition coefficient (Wildman–Crippen LogP) is 3.19. The van der Waals surface area contributed by atoms with Gasteiger partial charge in [0.2, 0.25) is 0 Å². The lowest BCUT2D eigenvalue weighted by atomic mass is 10.1. The first-order valence-electron chi connectivity index (χ1n) is 9.01. The summed E-state index contributed by atoms with van der Waals surface area (Å²) in [5, 5.41) is 0.786. The van der Waals surface area contributed by atoms with Crippen molar-refractivity contribution in [2.24, 2.45) is 4.99 Å². The highest BCUT2D eigenvalue weighted by atomic mass is 35.5. The van der Waals surface area contributed by atoms with E-state index in [9.17, 15) is 13.2 Å². The Labute approximate surface area is 178 Å². The zero-order chi connectivity index (χ0) is 20.6. The number of anilines is 1. The molecule has 29 heavy (non-hydrogen) atoms. The molecular weight excluding hydrogens is 432 g/mol. The van der Waals surface area contributed by atoms with E-state index in [1.165, 1.54) is 18.9 Å². The van der Waals surface area contributed by atoms with Crippen LogP contribution in [0.15, 0.2) is 53.5 Å². The van der Waals surface area contributed by atoms with Crippen molar-refractivity contribution in [3.05, 3.63) is 59.1 Å². The number of fused-ring (bicyclic) bond motifs is 1. The number of aliphatic imine (C=N–C) groups is 1. The normalized spacial score (nSPS) is 23.9. The van der Waals surface area contributed by atoms with E-state index in [4.69, 9.17) is 16.3 Å². The van der Waals surface area contributed by atoms with Crippen LogP contribution in [0.4, 0.5) is 5.69 Å². The zero-order valence-electron chi connectivity index (χ0n) is 15.6. The highest BCUT2D eigenvalue weighted by Crippen LogP contribution is 2.44. The van der Waals surface area contributed by atoms with E-state index in [2.05, 4.69) is 4.99 Å². The van der Waals surface area contributed by atoms with Crippen LogP contribution in [0.3, 0.4) is 0 Å². The summed E-state index contributed by atoms with van der Waals surface area (Å²) in [6.07, 6.45) is 0.180. The summed E-state index contributed by atoms with van der Waals surface area (Å²) in [4.78, 5) is 18.7. The molecule has 0 unspecified atom stereocenters. The minimum absolute atomic E-state index is 0.00618. The van der Waals surface area contributed by atoms with Crippen LogP contribution in [-0.2, 0) is 21.1 Å². The molecule has 1 amide bonds. The number of thioether (sulfide) groups is 1. The van der Waals surface area contributed by atoms with Gasteiger partial charge in [-0.2, -0.15) is 4.99 Å². The second-order valence-electron chi connectivity index (χ2n) is 6.94. The van der Waals surface area contributed by atoms with E-state index in [0.717, 1.165) is 5.56 Å². The highest BCUT2D eigenvalue weighted by molar-refractivity contribution is 8.16. The average molecular weight is 451 g/mol. The van der Waals surface area contributed by atoms with Gasteiger partial charge in [0.05, 0.1) is 36.8 Å². The van der Waals surface area contributed by atoms with Crippen LogP contribution in [0.2, 0.25) is 5.02 Å². The standard InChI is InChI=1S/C20H19ClN2O4S2/c1-27-17-8-7-14(21)10-15(17)23-16-11-29(25,26)12-18(16)28-20(23)22-19(24)9-13-5-3-2-4-6-13/h2-8,10,16,18H,9,11-12H2,1H3/t16-,18-/m1/s1. The average Bonchev–Trinajstić information content (AvgIpc) is 3.13. The van der Waals surface area contributed by atoms with Crippen LogP contribution in [0, 0.1) is 0 Å². The predicted molar refractivity (Wildman–Crippen MR) is 117 cm³/mol. The first-order chi connectivity index (χ1) is 13.9. The molecule has 0 N–H and O–H groups in total. The number of carbonyl (C=O) groups is 1. The van der Waals surface area contributed by atoms with Crippen LogP contribution in [-0.4, -0.2) is 49.4 Å². The van der Waals surface area contributed by atoms with Crippen molar-refractivity contribution < 1.29 is 17.9 Å². The Morgan fingerprint density at radius 3 is 2.72 bits per heavy atom. The van der Waals surface area contributed by atoms with Crippen molar-refractivity contribution in [2.45, 2.75) is 17.7 Å². The summed E-state index contributed by atoms with van der Waals surface area (Å²) in [5.74, 6) is 0.329. The summed E-state index contributed by atoms with van der Waals surface area (Å²) in [5.41, 5.74) is 1.49. The minimum atomic E-state index is -3.15. The molecule has 2 aliphatic heterocycles. The number of hydrogen-bond acceptors (Lipinski definition) is 5. The number of carbonyl (C=O) groups excluding carboxylic acids is 1. The maximum atomic E-state index is 12.6. The fourth-order valence-electron chi connectivity index (χ4n) is 3.61. The third-order valence-electron chi connectivity index (χ3n) is 4.89. The van der Waals surface area contributed by atoms with Crippen molar-refractivity contribution >= 4 is 50.0 Å². The summed E-state index contributed by atoms with van der Waals surface area (Å²) in [7, 11) is -1.61. The summed E-state index contributed by atoms with van der Waals surface area (Å²) < 4.78 is 29.9. The molecule has 2 heterocycles. The van der Waals surface area contributed by atoms with Gasteiger partial charge in [0.25, 0.3) is 5.91 Å². The second-order valence-corrected chi connectivity index (χ2v) is 10.7. The topological polar surface area (TPSA) is 76.0 Å². The lowest BCUT2D eigenvalue weighted by molar-refractivity contribution is -0.117. The molecule has 4 rings (SSSR count). The van der Waals surface area contributed by atoms with Crippen LogP contribution in [0.1, 0.15) is 5.56 Å². The number of amides is 1. The number of ether oxygens (including phenoxy) is 1. The maximum absolute atomic E-state index is 12.6. The van der Waals surface area contributed by atoms with E-state index >= 15 is 0 Å². The molecule has 6 nitrogen and oxygen atoms in total. The number of rotatable bonds is 4. The van der Waals surface area contributed by atoms with Crippen molar-refractivity contribution in [1.82, 2.24) is 0 Å². The number of nitrogens with zero attached hydrogens (tertiary/aromatic N) is 2. The first kappa shape index (κ1) is 20.3. The van der Waals surface area contributed by atoms with Gasteiger partial charge in [0.1, 0.15) is 5.75 Å². The van der Waals surface area contributed by atoms with Gasteiger partial charge in [-0.25, -0.2) is 8.42 Å². The molecule has 2 aliphatic rings. The maximum Gasteiger partial charge on any atom is 0.252 e. The molecule has 0 radical (unpaired) electrons. The molecule has 152 valence electrons. The number of benzene rings is 2. The molecule has 2 saturated heterocycles. The fraction of sp³-hybridized carbons (Fsp3) is 0.300. The Morgan fingerprint density at radius 1 is 1.24 bits per heavy atom. The minimum Gasteiger partial charge on any atom is -0.495 e. The molecule has 0 aliphatic carbocycles. The molecule has 2 aromatic rings. The SMILES string of the molecule is COc1ccc(Cl)cc1N1C(=NC(=O)Cc2ccccc2)S[C@@H]2CS(=O)(=O)C[C@H]21. The molecule has 2 fully saturated rings. The smallest absolute Gasteiger partial charge is 0.252 e. The lowest BCUT2D eigenvalue weighted by Crippen LogP contribution is -2.38. The van der Waals surface area contributed by atoms with E-state index in [1.54, 1.807) is 23.1 Å². The van der Waals surface area contributed by atoms with E-state index in [0.29, 0.717) is 21.6 Å². The summed E-state index contributed by atoms with van der Waals surface area (Å²) in [6.45, 7) is 0. The van der Waals surface area contributed by atoms with Gasteiger partial charge >= 0.3 is 0 Å². The Bertz CT molecular complexity index is 1070. The highest BCUT2D eigenvalue weighted by Gasteiger charge is 2.50. The fourth-order valence-corrected chi connectivity index (χ4v) is 7.70. The number of halogens is 1. The summed E-state index contributed by atoms with van der Waals surface area (Å²) in [6, 6.07) is 14.2. The number of sulfone groups is 1. The lowest BCUT2D eigenvalue weighted by Gasteiger charge is -2.26.